The second kappa shape index (κ2) is 6.06. The lowest BCUT2D eigenvalue weighted by molar-refractivity contribution is -0.114. The van der Waals surface area contributed by atoms with Crippen LogP contribution in [0.1, 0.15) is 25.8 Å². The number of hydrogen-bond donors (Lipinski definition) is 0. The molecule has 1 aromatic rings. The molecule has 0 heterocycles. The highest BCUT2D eigenvalue weighted by atomic mass is 16.1. The zero-order valence-corrected chi connectivity index (χ0v) is 9.89. The van der Waals surface area contributed by atoms with Gasteiger partial charge in [-0.05, 0) is 12.0 Å². The molecule has 0 fully saturated rings. The van der Waals surface area contributed by atoms with Crippen LogP contribution in [0, 0.1) is 5.41 Å². The van der Waals surface area contributed by atoms with E-state index in [1.807, 2.05) is 56.4 Å². The van der Waals surface area contributed by atoms with Gasteiger partial charge in [0.25, 0.3) is 0 Å². The molecular formula is C15H18O. The van der Waals surface area contributed by atoms with E-state index in [1.54, 1.807) is 0 Å². The van der Waals surface area contributed by atoms with E-state index in [-0.39, 0.29) is 5.41 Å². The lowest BCUT2D eigenvalue weighted by Gasteiger charge is -2.12. The fourth-order valence-corrected chi connectivity index (χ4v) is 1.23. The van der Waals surface area contributed by atoms with Crippen molar-refractivity contribution in [1.29, 1.82) is 0 Å². The van der Waals surface area contributed by atoms with Gasteiger partial charge < -0.3 is 4.79 Å². The van der Waals surface area contributed by atoms with Crippen LogP contribution in [0.4, 0.5) is 0 Å². The average Bonchev–Trinajstić information content (AvgIpc) is 2.30. The zero-order chi connectivity index (χ0) is 11.9. The third kappa shape index (κ3) is 4.74. The van der Waals surface area contributed by atoms with E-state index >= 15 is 0 Å². The van der Waals surface area contributed by atoms with E-state index in [9.17, 15) is 4.79 Å². The van der Waals surface area contributed by atoms with Gasteiger partial charge in [-0.3, -0.25) is 0 Å². The Labute approximate surface area is 97.5 Å². The van der Waals surface area contributed by atoms with Gasteiger partial charge in [0.1, 0.15) is 6.29 Å². The highest BCUT2D eigenvalue weighted by Crippen LogP contribution is 2.16. The SMILES string of the molecule is CC(C)(C=O)C/C=C/C=C/c1ccccc1. The Kier molecular flexibility index (Phi) is 4.71. The molecule has 0 amide bonds. The summed E-state index contributed by atoms with van der Waals surface area (Å²) in [5, 5.41) is 0. The van der Waals surface area contributed by atoms with Crippen LogP contribution in [-0.2, 0) is 4.79 Å². The first-order chi connectivity index (χ1) is 7.64. The van der Waals surface area contributed by atoms with Gasteiger partial charge in [0.2, 0.25) is 0 Å². The van der Waals surface area contributed by atoms with Crippen molar-refractivity contribution in [2.24, 2.45) is 5.41 Å². The number of carbonyl (C=O) groups is 1. The monoisotopic (exact) mass is 214 g/mol. The van der Waals surface area contributed by atoms with Gasteiger partial charge in [0.05, 0.1) is 0 Å². The molecule has 1 heteroatoms. The second-order valence-electron chi connectivity index (χ2n) is 4.51. The molecule has 0 bridgehead atoms. The summed E-state index contributed by atoms with van der Waals surface area (Å²) < 4.78 is 0. The molecule has 0 saturated heterocycles. The van der Waals surface area contributed by atoms with Gasteiger partial charge in [-0.1, -0.05) is 68.5 Å². The van der Waals surface area contributed by atoms with Gasteiger partial charge in [-0.25, -0.2) is 0 Å². The van der Waals surface area contributed by atoms with Crippen molar-refractivity contribution in [3.8, 4) is 0 Å². The number of hydrogen-bond acceptors (Lipinski definition) is 1. The van der Waals surface area contributed by atoms with Crippen molar-refractivity contribution in [2.75, 3.05) is 0 Å². The van der Waals surface area contributed by atoms with E-state index in [1.165, 1.54) is 5.56 Å². The van der Waals surface area contributed by atoms with E-state index in [0.29, 0.717) is 0 Å². The molecule has 0 aromatic heterocycles. The lowest BCUT2D eigenvalue weighted by Crippen LogP contribution is -2.10. The Hall–Kier alpha value is -1.63. The summed E-state index contributed by atoms with van der Waals surface area (Å²) in [5.41, 5.74) is 0.929. The third-order valence-electron chi connectivity index (χ3n) is 2.30. The van der Waals surface area contributed by atoms with Crippen LogP contribution in [0.3, 0.4) is 0 Å². The molecule has 0 aliphatic carbocycles. The molecule has 84 valence electrons. The summed E-state index contributed by atoms with van der Waals surface area (Å²) >= 11 is 0. The van der Waals surface area contributed by atoms with Gasteiger partial charge in [-0.2, -0.15) is 0 Å². The number of rotatable bonds is 5. The molecule has 1 rings (SSSR count). The minimum Gasteiger partial charge on any atom is -0.303 e. The number of carbonyl (C=O) groups excluding carboxylic acids is 1. The predicted molar refractivity (Wildman–Crippen MR) is 69.1 cm³/mol. The summed E-state index contributed by atoms with van der Waals surface area (Å²) in [6.45, 7) is 3.87. The molecule has 0 aliphatic heterocycles. The second-order valence-corrected chi connectivity index (χ2v) is 4.51. The van der Waals surface area contributed by atoms with Crippen molar-refractivity contribution in [2.45, 2.75) is 20.3 Å². The molecule has 0 aliphatic rings. The predicted octanol–water partition coefficient (Wildman–Crippen LogP) is 3.87. The van der Waals surface area contributed by atoms with E-state index in [0.717, 1.165) is 12.7 Å². The lowest BCUT2D eigenvalue weighted by atomic mass is 9.91. The Morgan fingerprint density at radius 1 is 1.12 bits per heavy atom. The topological polar surface area (TPSA) is 17.1 Å². The van der Waals surface area contributed by atoms with Gasteiger partial charge in [-0.15, -0.1) is 0 Å². The molecule has 0 spiro atoms. The van der Waals surface area contributed by atoms with Gasteiger partial charge in [0, 0.05) is 5.41 Å². The molecule has 0 unspecified atom stereocenters. The minimum absolute atomic E-state index is 0.253. The van der Waals surface area contributed by atoms with E-state index in [4.69, 9.17) is 0 Å². The third-order valence-corrected chi connectivity index (χ3v) is 2.30. The normalized spacial score (nSPS) is 12.4. The molecule has 16 heavy (non-hydrogen) atoms. The fraction of sp³-hybridized carbons (Fsp3) is 0.267. The molecule has 0 saturated carbocycles. The maximum absolute atomic E-state index is 10.7. The number of aldehydes is 1. The smallest absolute Gasteiger partial charge is 0.125 e. The summed E-state index contributed by atoms with van der Waals surface area (Å²) in [6, 6.07) is 10.1. The molecule has 1 nitrogen and oxygen atoms in total. The molecule has 0 atom stereocenters. The van der Waals surface area contributed by atoms with E-state index < -0.39 is 0 Å². The molecule has 0 N–H and O–H groups in total. The van der Waals surface area contributed by atoms with Crippen molar-refractivity contribution in [3.63, 3.8) is 0 Å². The highest BCUT2D eigenvalue weighted by Gasteiger charge is 2.12. The van der Waals surface area contributed by atoms with Crippen LogP contribution in [0.5, 0.6) is 0 Å². The minimum atomic E-state index is -0.253. The number of benzene rings is 1. The first-order valence-corrected chi connectivity index (χ1v) is 5.49. The largest absolute Gasteiger partial charge is 0.303 e. The van der Waals surface area contributed by atoms with Crippen molar-refractivity contribution in [1.82, 2.24) is 0 Å². The van der Waals surface area contributed by atoms with Crippen LogP contribution in [0.2, 0.25) is 0 Å². The quantitative estimate of drug-likeness (QED) is 0.537. The van der Waals surface area contributed by atoms with Crippen LogP contribution >= 0.6 is 0 Å². The van der Waals surface area contributed by atoms with Crippen LogP contribution in [0.15, 0.2) is 48.6 Å². The van der Waals surface area contributed by atoms with Crippen molar-refractivity contribution in [3.05, 3.63) is 54.1 Å². The summed E-state index contributed by atoms with van der Waals surface area (Å²) in [5.74, 6) is 0. The molecule has 0 radical (unpaired) electrons. The van der Waals surface area contributed by atoms with Gasteiger partial charge in [0.15, 0.2) is 0 Å². The van der Waals surface area contributed by atoms with E-state index in [2.05, 4.69) is 12.1 Å². The Bertz CT molecular complexity index is 372. The Morgan fingerprint density at radius 2 is 1.81 bits per heavy atom. The summed E-state index contributed by atoms with van der Waals surface area (Å²) in [7, 11) is 0. The fourth-order valence-electron chi connectivity index (χ4n) is 1.23. The highest BCUT2D eigenvalue weighted by molar-refractivity contribution is 5.58. The maximum Gasteiger partial charge on any atom is 0.125 e. The maximum atomic E-state index is 10.7. The van der Waals surface area contributed by atoms with Crippen LogP contribution < -0.4 is 0 Å². The number of allylic oxidation sites excluding steroid dienone is 3. The van der Waals surface area contributed by atoms with Gasteiger partial charge >= 0.3 is 0 Å². The molecular weight excluding hydrogens is 196 g/mol. The average molecular weight is 214 g/mol. The molecule has 1 aromatic carbocycles. The van der Waals surface area contributed by atoms with Crippen LogP contribution in [0.25, 0.3) is 6.08 Å². The summed E-state index contributed by atoms with van der Waals surface area (Å²) in [4.78, 5) is 10.7. The van der Waals surface area contributed by atoms with Crippen molar-refractivity contribution < 1.29 is 4.79 Å². The summed E-state index contributed by atoms with van der Waals surface area (Å²) in [6.07, 6.45) is 9.82. The Morgan fingerprint density at radius 3 is 2.44 bits per heavy atom. The zero-order valence-electron chi connectivity index (χ0n) is 9.89. The Balaban J connectivity index is 2.43. The van der Waals surface area contributed by atoms with Crippen molar-refractivity contribution >= 4 is 12.4 Å². The first-order valence-electron chi connectivity index (χ1n) is 5.49. The first kappa shape index (κ1) is 12.4. The standard InChI is InChI=1S/C15H18O/c1-15(2,13-16)12-8-4-7-11-14-9-5-3-6-10-14/h3-11,13H,12H2,1-2H3/b8-4+,11-7+. The van der Waals surface area contributed by atoms with Crippen LogP contribution in [-0.4, -0.2) is 6.29 Å².